The maximum absolute atomic E-state index is 12.9. The smallest absolute Gasteiger partial charge is 0.252 e. The van der Waals surface area contributed by atoms with Crippen LogP contribution in [-0.4, -0.2) is 57.0 Å². The van der Waals surface area contributed by atoms with Crippen LogP contribution in [0.4, 0.5) is 0 Å². The van der Waals surface area contributed by atoms with Gasteiger partial charge in [-0.1, -0.05) is 54.3 Å². The largest absolute Gasteiger partial charge is 0.396 e. The van der Waals surface area contributed by atoms with E-state index in [4.69, 9.17) is 12.2 Å². The van der Waals surface area contributed by atoms with E-state index < -0.39 is 6.04 Å². The minimum Gasteiger partial charge on any atom is -0.396 e. The number of carbonyl (C=O) groups excluding carboxylic acids is 2. The van der Waals surface area contributed by atoms with Gasteiger partial charge in [-0.3, -0.25) is 14.5 Å². The molecule has 2 atom stereocenters. The Morgan fingerprint density at radius 2 is 1.96 bits per heavy atom. The number of rotatable bonds is 7. The second-order valence-corrected chi connectivity index (χ2v) is 7.68. The summed E-state index contributed by atoms with van der Waals surface area (Å²) in [6.45, 7) is 1.37. The molecule has 6 nitrogen and oxygen atoms in total. The molecule has 1 aromatic rings. The number of aliphatic hydroxyl groups excluding tert-OH is 2. The molecule has 136 valence electrons. The van der Waals surface area contributed by atoms with Crippen LogP contribution in [0, 0.1) is 5.92 Å². The van der Waals surface area contributed by atoms with Crippen molar-refractivity contribution in [2.24, 2.45) is 5.92 Å². The van der Waals surface area contributed by atoms with Crippen LogP contribution in [0.1, 0.15) is 24.2 Å². The van der Waals surface area contributed by atoms with Crippen LogP contribution >= 0.6 is 24.0 Å². The number of nitrogens with one attached hydrogen (secondary N) is 1. The standard InChI is InChI=1S/C17H22N2O4S2/c1-11(22)18-14-15(13-5-3-2-4-6-13)25-17(24)19(16(14)23)8-7-12(9-20)10-21/h2-6,12,14-15,20-21H,7-10H2,1H3,(H,18,22)/t14-,15-/m0/s1. The lowest BCUT2D eigenvalue weighted by atomic mass is 10.0. The molecule has 2 amide bonds. The van der Waals surface area contributed by atoms with Crippen molar-refractivity contribution >= 4 is 40.1 Å². The Labute approximate surface area is 156 Å². The molecular weight excluding hydrogens is 360 g/mol. The fourth-order valence-electron chi connectivity index (χ4n) is 2.64. The summed E-state index contributed by atoms with van der Waals surface area (Å²) >= 11 is 6.77. The van der Waals surface area contributed by atoms with Gasteiger partial charge in [0.05, 0.1) is 5.25 Å². The topological polar surface area (TPSA) is 89.9 Å². The minimum atomic E-state index is -0.710. The summed E-state index contributed by atoms with van der Waals surface area (Å²) in [4.78, 5) is 26.0. The van der Waals surface area contributed by atoms with Crippen LogP contribution in [0.5, 0.6) is 0 Å². The molecule has 0 bridgehead atoms. The van der Waals surface area contributed by atoms with Gasteiger partial charge < -0.3 is 15.5 Å². The molecule has 1 heterocycles. The van der Waals surface area contributed by atoms with Gasteiger partial charge in [-0.15, -0.1) is 0 Å². The highest BCUT2D eigenvalue weighted by molar-refractivity contribution is 8.23. The van der Waals surface area contributed by atoms with E-state index in [2.05, 4.69) is 5.32 Å². The summed E-state index contributed by atoms with van der Waals surface area (Å²) in [5.41, 5.74) is 0.921. The zero-order valence-corrected chi connectivity index (χ0v) is 15.6. The fraction of sp³-hybridized carbons (Fsp3) is 0.471. The van der Waals surface area contributed by atoms with Crippen molar-refractivity contribution < 1.29 is 19.8 Å². The first kappa shape index (κ1) is 19.8. The molecule has 0 saturated carbocycles. The van der Waals surface area contributed by atoms with Crippen molar-refractivity contribution in [2.45, 2.75) is 24.6 Å². The van der Waals surface area contributed by atoms with Crippen LogP contribution < -0.4 is 5.32 Å². The van der Waals surface area contributed by atoms with Crippen LogP contribution in [0.3, 0.4) is 0 Å². The molecule has 1 aliphatic heterocycles. The number of hydrogen-bond donors (Lipinski definition) is 3. The molecule has 1 saturated heterocycles. The Morgan fingerprint density at radius 3 is 2.52 bits per heavy atom. The van der Waals surface area contributed by atoms with E-state index in [9.17, 15) is 19.8 Å². The third kappa shape index (κ3) is 5.01. The van der Waals surface area contributed by atoms with Gasteiger partial charge in [0.25, 0.3) is 5.91 Å². The average molecular weight is 383 g/mol. The van der Waals surface area contributed by atoms with Gasteiger partial charge in [0.15, 0.2) is 0 Å². The van der Waals surface area contributed by atoms with Gasteiger partial charge in [-0.05, 0) is 12.0 Å². The Morgan fingerprint density at radius 1 is 1.32 bits per heavy atom. The molecule has 1 aliphatic rings. The van der Waals surface area contributed by atoms with E-state index in [1.807, 2.05) is 30.3 Å². The Bertz CT molecular complexity index is 622. The van der Waals surface area contributed by atoms with Crippen molar-refractivity contribution in [3.63, 3.8) is 0 Å². The molecule has 3 N–H and O–H groups in total. The lowest BCUT2D eigenvalue weighted by Crippen LogP contribution is -2.55. The molecule has 0 aromatic heterocycles. The van der Waals surface area contributed by atoms with Crippen LogP contribution in [0.2, 0.25) is 0 Å². The highest BCUT2D eigenvalue weighted by Gasteiger charge is 2.41. The van der Waals surface area contributed by atoms with Gasteiger partial charge in [0.1, 0.15) is 10.4 Å². The van der Waals surface area contributed by atoms with Crippen LogP contribution in [0.15, 0.2) is 30.3 Å². The number of aliphatic hydroxyl groups is 2. The molecular formula is C17H22N2O4S2. The SMILES string of the molecule is CC(=O)N[C@@H]1C(=O)N(CCC(CO)CO)C(=S)S[C@H]1c1ccccc1. The molecule has 25 heavy (non-hydrogen) atoms. The molecule has 1 aromatic carbocycles. The van der Waals surface area contributed by atoms with Crippen molar-refractivity contribution in [1.29, 1.82) is 0 Å². The zero-order chi connectivity index (χ0) is 18.4. The number of benzene rings is 1. The molecule has 0 aliphatic carbocycles. The van der Waals surface area contributed by atoms with Gasteiger partial charge in [-0.25, -0.2) is 0 Å². The highest BCUT2D eigenvalue weighted by atomic mass is 32.2. The van der Waals surface area contributed by atoms with Crippen molar-refractivity contribution in [1.82, 2.24) is 10.2 Å². The first-order chi connectivity index (χ1) is 12.0. The predicted molar refractivity (Wildman–Crippen MR) is 101 cm³/mol. The first-order valence-corrected chi connectivity index (χ1v) is 9.32. The summed E-state index contributed by atoms with van der Waals surface area (Å²) in [5.74, 6) is -0.842. The fourth-order valence-corrected chi connectivity index (χ4v) is 4.27. The first-order valence-electron chi connectivity index (χ1n) is 8.03. The molecule has 0 unspecified atom stereocenters. The molecule has 0 radical (unpaired) electrons. The molecule has 2 rings (SSSR count). The monoisotopic (exact) mass is 382 g/mol. The van der Waals surface area contributed by atoms with Crippen molar-refractivity contribution in [2.75, 3.05) is 19.8 Å². The van der Waals surface area contributed by atoms with Gasteiger partial charge in [0, 0.05) is 32.6 Å². The molecule has 8 heteroatoms. The van der Waals surface area contributed by atoms with E-state index in [0.29, 0.717) is 17.3 Å². The highest BCUT2D eigenvalue weighted by Crippen LogP contribution is 2.39. The zero-order valence-electron chi connectivity index (χ0n) is 13.9. The van der Waals surface area contributed by atoms with Crippen LogP contribution in [-0.2, 0) is 9.59 Å². The second-order valence-electron chi connectivity index (χ2n) is 5.90. The number of thiocarbonyl (C=S) groups is 1. The summed E-state index contributed by atoms with van der Waals surface area (Å²) in [6.07, 6.45) is 0.433. The minimum absolute atomic E-state index is 0.153. The number of hydrogen-bond acceptors (Lipinski definition) is 6. The Kier molecular flexibility index (Phi) is 7.37. The Hall–Kier alpha value is -1.48. The van der Waals surface area contributed by atoms with E-state index in [1.54, 1.807) is 0 Å². The van der Waals surface area contributed by atoms with Crippen molar-refractivity contribution in [3.05, 3.63) is 35.9 Å². The van der Waals surface area contributed by atoms with Crippen LogP contribution in [0.25, 0.3) is 0 Å². The second kappa shape index (κ2) is 9.28. The lowest BCUT2D eigenvalue weighted by Gasteiger charge is -2.38. The number of thioether (sulfide) groups is 1. The number of carbonyl (C=O) groups is 2. The van der Waals surface area contributed by atoms with E-state index in [-0.39, 0.29) is 36.2 Å². The normalized spacial score (nSPS) is 20.9. The van der Waals surface area contributed by atoms with E-state index >= 15 is 0 Å². The summed E-state index contributed by atoms with van der Waals surface area (Å²) in [5, 5.41) is 20.8. The van der Waals surface area contributed by atoms with Crippen molar-refractivity contribution in [3.8, 4) is 0 Å². The quantitative estimate of drug-likeness (QED) is 0.612. The third-order valence-corrected chi connectivity index (χ3v) is 5.78. The summed E-state index contributed by atoms with van der Waals surface area (Å²) < 4.78 is 0.440. The molecule has 0 spiro atoms. The van der Waals surface area contributed by atoms with Gasteiger partial charge in [0.2, 0.25) is 5.91 Å². The average Bonchev–Trinajstić information content (AvgIpc) is 2.61. The number of nitrogens with zero attached hydrogens (tertiary/aromatic N) is 1. The predicted octanol–water partition coefficient (Wildman–Crippen LogP) is 1.08. The Balaban J connectivity index is 2.20. The third-order valence-electron chi connectivity index (χ3n) is 4.05. The number of amides is 2. The lowest BCUT2D eigenvalue weighted by molar-refractivity contribution is -0.133. The van der Waals surface area contributed by atoms with Gasteiger partial charge in [-0.2, -0.15) is 0 Å². The maximum atomic E-state index is 12.9. The van der Waals surface area contributed by atoms with Gasteiger partial charge >= 0.3 is 0 Å². The molecule has 1 fully saturated rings. The summed E-state index contributed by atoms with van der Waals surface area (Å²) in [6, 6.07) is 8.76. The van der Waals surface area contributed by atoms with E-state index in [1.165, 1.54) is 23.6 Å². The van der Waals surface area contributed by atoms with E-state index in [0.717, 1.165) is 5.56 Å². The summed E-state index contributed by atoms with van der Waals surface area (Å²) in [7, 11) is 0. The maximum Gasteiger partial charge on any atom is 0.252 e.